The highest BCUT2D eigenvalue weighted by molar-refractivity contribution is 5.95. The summed E-state index contributed by atoms with van der Waals surface area (Å²) >= 11 is 0. The van der Waals surface area contributed by atoms with E-state index in [1.807, 2.05) is 53.4 Å². The standard InChI is InChI=1S/C23H29N3O3.ClH/c24-13-12-22(27)25-16-20-10-4-5-14-26(20)23(28)19-9-6-11-21(15-19)29-17-18-7-2-1-3-8-18;/h1-3,6-9,11,15,20H,4-5,10,12-14,16-17,24H2,(H,25,27);1H. The van der Waals surface area contributed by atoms with E-state index in [2.05, 4.69) is 5.32 Å². The molecule has 6 nitrogen and oxygen atoms in total. The molecule has 1 aliphatic rings. The first kappa shape index (κ1) is 23.7. The zero-order chi connectivity index (χ0) is 20.5. The number of hydrogen-bond donors (Lipinski definition) is 2. The van der Waals surface area contributed by atoms with Crippen LogP contribution in [0, 0.1) is 0 Å². The molecular weight excluding hydrogens is 402 g/mol. The van der Waals surface area contributed by atoms with Crippen molar-refractivity contribution < 1.29 is 14.3 Å². The number of nitrogens with two attached hydrogens (primary N) is 1. The van der Waals surface area contributed by atoms with Gasteiger partial charge in [-0.05, 0) is 43.0 Å². The van der Waals surface area contributed by atoms with Gasteiger partial charge in [0.05, 0.1) is 0 Å². The second-order valence-electron chi connectivity index (χ2n) is 7.29. The highest BCUT2D eigenvalue weighted by atomic mass is 35.5. The molecule has 3 rings (SSSR count). The molecule has 30 heavy (non-hydrogen) atoms. The molecule has 0 bridgehead atoms. The van der Waals surface area contributed by atoms with Gasteiger partial charge in [0.15, 0.2) is 0 Å². The molecule has 1 fully saturated rings. The van der Waals surface area contributed by atoms with Crippen molar-refractivity contribution in [2.75, 3.05) is 19.6 Å². The minimum atomic E-state index is -0.0678. The van der Waals surface area contributed by atoms with Gasteiger partial charge in [0.1, 0.15) is 12.4 Å². The molecule has 2 amide bonds. The van der Waals surface area contributed by atoms with E-state index in [1.54, 1.807) is 6.07 Å². The molecule has 0 spiro atoms. The number of hydrogen-bond acceptors (Lipinski definition) is 4. The lowest BCUT2D eigenvalue weighted by Gasteiger charge is -2.36. The van der Waals surface area contributed by atoms with Crippen LogP contribution in [0.1, 0.15) is 41.6 Å². The predicted octanol–water partition coefficient (Wildman–Crippen LogP) is 3.15. The summed E-state index contributed by atoms with van der Waals surface area (Å²) in [5.41, 5.74) is 7.11. The second-order valence-corrected chi connectivity index (χ2v) is 7.29. The number of carbonyl (C=O) groups excluding carboxylic acids is 2. The van der Waals surface area contributed by atoms with Crippen molar-refractivity contribution in [3.8, 4) is 5.75 Å². The predicted molar refractivity (Wildman–Crippen MR) is 120 cm³/mol. The SMILES string of the molecule is Cl.NCCC(=O)NCC1CCCCN1C(=O)c1cccc(OCc2ccccc2)c1. The Morgan fingerprint density at radius 2 is 1.90 bits per heavy atom. The quantitative estimate of drug-likeness (QED) is 0.672. The molecule has 0 saturated carbocycles. The van der Waals surface area contributed by atoms with E-state index >= 15 is 0 Å². The minimum Gasteiger partial charge on any atom is -0.489 e. The molecule has 1 atom stereocenters. The highest BCUT2D eigenvalue weighted by Gasteiger charge is 2.27. The first-order valence-corrected chi connectivity index (χ1v) is 10.2. The van der Waals surface area contributed by atoms with Gasteiger partial charge in [-0.3, -0.25) is 9.59 Å². The van der Waals surface area contributed by atoms with Gasteiger partial charge in [0.2, 0.25) is 5.91 Å². The van der Waals surface area contributed by atoms with E-state index < -0.39 is 0 Å². The van der Waals surface area contributed by atoms with E-state index in [0.29, 0.717) is 44.0 Å². The van der Waals surface area contributed by atoms with Gasteiger partial charge in [0.25, 0.3) is 5.91 Å². The number of halogens is 1. The van der Waals surface area contributed by atoms with Crippen molar-refractivity contribution in [1.29, 1.82) is 0 Å². The van der Waals surface area contributed by atoms with Crippen molar-refractivity contribution in [3.05, 3.63) is 65.7 Å². The Morgan fingerprint density at radius 3 is 2.67 bits per heavy atom. The molecule has 2 aromatic rings. The van der Waals surface area contributed by atoms with Crippen LogP contribution in [0.3, 0.4) is 0 Å². The van der Waals surface area contributed by atoms with Crippen molar-refractivity contribution in [1.82, 2.24) is 10.2 Å². The average Bonchev–Trinajstić information content (AvgIpc) is 2.77. The number of rotatable bonds is 8. The fourth-order valence-electron chi connectivity index (χ4n) is 3.56. The van der Waals surface area contributed by atoms with Crippen LogP contribution in [0.2, 0.25) is 0 Å². The fourth-order valence-corrected chi connectivity index (χ4v) is 3.56. The molecule has 7 heteroatoms. The highest BCUT2D eigenvalue weighted by Crippen LogP contribution is 2.22. The molecule has 2 aromatic carbocycles. The van der Waals surface area contributed by atoms with Gasteiger partial charge < -0.3 is 20.7 Å². The molecule has 0 radical (unpaired) electrons. The number of nitrogens with zero attached hydrogens (tertiary/aromatic N) is 1. The van der Waals surface area contributed by atoms with Gasteiger partial charge in [-0.25, -0.2) is 0 Å². The first-order valence-electron chi connectivity index (χ1n) is 10.2. The number of nitrogens with one attached hydrogen (secondary N) is 1. The Bertz CT molecular complexity index is 816. The molecular formula is C23H30ClN3O3. The van der Waals surface area contributed by atoms with E-state index in [1.165, 1.54) is 0 Å². The van der Waals surface area contributed by atoms with Crippen molar-refractivity contribution in [2.24, 2.45) is 5.73 Å². The van der Waals surface area contributed by atoms with Crippen LogP contribution in [-0.4, -0.2) is 42.4 Å². The first-order chi connectivity index (χ1) is 14.2. The van der Waals surface area contributed by atoms with Crippen LogP contribution >= 0.6 is 12.4 Å². The van der Waals surface area contributed by atoms with Gasteiger partial charge in [-0.2, -0.15) is 0 Å². The zero-order valence-electron chi connectivity index (χ0n) is 17.1. The molecule has 1 saturated heterocycles. The van der Waals surface area contributed by atoms with Gasteiger partial charge in [-0.15, -0.1) is 12.4 Å². The molecule has 162 valence electrons. The largest absolute Gasteiger partial charge is 0.489 e. The Kier molecular flexibility index (Phi) is 9.64. The van der Waals surface area contributed by atoms with Gasteiger partial charge >= 0.3 is 0 Å². The monoisotopic (exact) mass is 431 g/mol. The lowest BCUT2D eigenvalue weighted by Crippen LogP contribution is -2.49. The van der Waals surface area contributed by atoms with E-state index in [4.69, 9.17) is 10.5 Å². The summed E-state index contributed by atoms with van der Waals surface area (Å²) < 4.78 is 5.86. The summed E-state index contributed by atoms with van der Waals surface area (Å²) in [5.74, 6) is 0.583. The van der Waals surface area contributed by atoms with Crippen molar-refractivity contribution in [3.63, 3.8) is 0 Å². The van der Waals surface area contributed by atoms with E-state index in [9.17, 15) is 9.59 Å². The Hall–Kier alpha value is -2.57. The third-order valence-electron chi connectivity index (χ3n) is 5.12. The van der Waals surface area contributed by atoms with Crippen LogP contribution in [-0.2, 0) is 11.4 Å². The second kappa shape index (κ2) is 12.2. The van der Waals surface area contributed by atoms with Crippen molar-refractivity contribution >= 4 is 24.2 Å². The number of benzene rings is 2. The summed E-state index contributed by atoms with van der Waals surface area (Å²) in [5, 5.41) is 2.90. The van der Waals surface area contributed by atoms with Crippen LogP contribution in [0.15, 0.2) is 54.6 Å². The minimum absolute atomic E-state index is 0. The molecule has 1 aliphatic heterocycles. The van der Waals surface area contributed by atoms with E-state index in [-0.39, 0.29) is 30.3 Å². The maximum Gasteiger partial charge on any atom is 0.254 e. The summed E-state index contributed by atoms with van der Waals surface area (Å²) in [6.07, 6.45) is 3.23. The smallest absolute Gasteiger partial charge is 0.254 e. The summed E-state index contributed by atoms with van der Waals surface area (Å²) in [6.45, 7) is 1.95. The lowest BCUT2D eigenvalue weighted by atomic mass is 10.0. The molecule has 0 aromatic heterocycles. The summed E-state index contributed by atoms with van der Waals surface area (Å²) in [7, 11) is 0. The molecule has 1 heterocycles. The number of ether oxygens (including phenoxy) is 1. The van der Waals surface area contributed by atoms with Gasteiger partial charge in [0, 0.05) is 37.7 Å². The van der Waals surface area contributed by atoms with Crippen LogP contribution in [0.5, 0.6) is 5.75 Å². The van der Waals surface area contributed by atoms with Crippen molar-refractivity contribution in [2.45, 2.75) is 38.3 Å². The normalized spacial score (nSPS) is 15.8. The third kappa shape index (κ3) is 6.75. The van der Waals surface area contributed by atoms with Crippen LogP contribution in [0.25, 0.3) is 0 Å². The van der Waals surface area contributed by atoms with Crippen LogP contribution < -0.4 is 15.8 Å². The topological polar surface area (TPSA) is 84.7 Å². The van der Waals surface area contributed by atoms with Crippen LogP contribution in [0.4, 0.5) is 0 Å². The van der Waals surface area contributed by atoms with E-state index in [0.717, 1.165) is 24.8 Å². The maximum absolute atomic E-state index is 13.1. The Labute approximate surface area is 184 Å². The third-order valence-corrected chi connectivity index (χ3v) is 5.12. The molecule has 3 N–H and O–H groups in total. The average molecular weight is 432 g/mol. The Morgan fingerprint density at radius 1 is 1.10 bits per heavy atom. The molecule has 0 aliphatic carbocycles. The summed E-state index contributed by atoms with van der Waals surface area (Å²) in [4.78, 5) is 26.8. The Balaban J connectivity index is 0.00000320. The summed E-state index contributed by atoms with van der Waals surface area (Å²) in [6, 6.07) is 17.3. The molecule has 1 unspecified atom stereocenters. The maximum atomic E-state index is 13.1. The lowest BCUT2D eigenvalue weighted by molar-refractivity contribution is -0.121. The number of piperidine rings is 1. The number of carbonyl (C=O) groups is 2. The van der Waals surface area contributed by atoms with Gasteiger partial charge in [-0.1, -0.05) is 36.4 Å². The number of likely N-dealkylation sites (tertiary alicyclic amines) is 1. The zero-order valence-corrected chi connectivity index (χ0v) is 17.9. The number of amides is 2. The fraction of sp³-hybridized carbons (Fsp3) is 0.391.